The van der Waals surface area contributed by atoms with Crippen molar-refractivity contribution in [1.82, 2.24) is 19.7 Å². The van der Waals surface area contributed by atoms with Crippen molar-refractivity contribution >= 4 is 11.0 Å². The van der Waals surface area contributed by atoms with E-state index in [4.69, 9.17) is 0 Å². The third-order valence-electron chi connectivity index (χ3n) is 1.66. The molecule has 0 unspecified atom stereocenters. The van der Waals surface area contributed by atoms with Gasteiger partial charge in [-0.2, -0.15) is 0 Å². The molecule has 2 heterocycles. The summed E-state index contributed by atoms with van der Waals surface area (Å²) in [4.78, 5) is 25.9. The molecule has 0 aliphatic rings. The van der Waals surface area contributed by atoms with Gasteiger partial charge in [-0.15, -0.1) is 0 Å². The van der Waals surface area contributed by atoms with Gasteiger partial charge in [0.15, 0.2) is 5.52 Å². The maximum absolute atomic E-state index is 11.1. The van der Waals surface area contributed by atoms with Gasteiger partial charge in [0, 0.05) is 7.05 Å². The quantitative estimate of drug-likeness (QED) is 0.523. The molecular formula is C6H6N4O2. The first-order chi connectivity index (χ1) is 5.70. The SMILES string of the molecule is Cn1cnc2c(=O)[nH][nH]c(=O)c21. The van der Waals surface area contributed by atoms with E-state index in [2.05, 4.69) is 15.2 Å². The van der Waals surface area contributed by atoms with Crippen LogP contribution in [-0.4, -0.2) is 19.7 Å². The lowest BCUT2D eigenvalue weighted by atomic mass is 10.4. The van der Waals surface area contributed by atoms with Crippen molar-refractivity contribution in [2.45, 2.75) is 0 Å². The normalized spacial score (nSPS) is 10.8. The van der Waals surface area contributed by atoms with Gasteiger partial charge in [-0.3, -0.25) is 19.8 Å². The zero-order valence-electron chi connectivity index (χ0n) is 6.29. The zero-order chi connectivity index (χ0) is 8.72. The number of hydrogen-bond donors (Lipinski definition) is 2. The lowest BCUT2D eigenvalue weighted by molar-refractivity contribution is 0.918. The number of aromatic amines is 2. The molecule has 0 atom stereocenters. The number of H-pyrrole nitrogens is 2. The van der Waals surface area contributed by atoms with Crippen molar-refractivity contribution in [2.75, 3.05) is 0 Å². The fourth-order valence-electron chi connectivity index (χ4n) is 1.10. The standard InChI is InChI=1S/C6H6N4O2/c1-10-2-7-3-4(10)6(12)9-8-5(3)11/h2H,1H3,(H,8,11)(H,9,12). The third-order valence-corrected chi connectivity index (χ3v) is 1.66. The summed E-state index contributed by atoms with van der Waals surface area (Å²) in [5.74, 6) is 0. The largest absolute Gasteiger partial charge is 0.329 e. The first-order valence-electron chi connectivity index (χ1n) is 3.32. The van der Waals surface area contributed by atoms with Gasteiger partial charge in [-0.05, 0) is 0 Å². The summed E-state index contributed by atoms with van der Waals surface area (Å²) < 4.78 is 1.50. The molecule has 0 saturated heterocycles. The second-order valence-electron chi connectivity index (χ2n) is 2.46. The molecule has 6 heteroatoms. The Balaban J connectivity index is 3.20. The van der Waals surface area contributed by atoms with E-state index >= 15 is 0 Å². The Morgan fingerprint density at radius 3 is 2.67 bits per heavy atom. The van der Waals surface area contributed by atoms with Gasteiger partial charge < -0.3 is 4.57 Å². The molecule has 2 N–H and O–H groups in total. The lowest BCUT2D eigenvalue weighted by Gasteiger charge is -1.89. The predicted octanol–water partition coefficient (Wildman–Crippen LogP) is -1.05. The molecule has 6 nitrogen and oxygen atoms in total. The Morgan fingerprint density at radius 2 is 2.00 bits per heavy atom. The number of nitrogens with one attached hydrogen (secondary N) is 2. The molecule has 2 rings (SSSR count). The van der Waals surface area contributed by atoms with E-state index < -0.39 is 0 Å². The van der Waals surface area contributed by atoms with Gasteiger partial charge in [-0.1, -0.05) is 0 Å². The summed E-state index contributed by atoms with van der Waals surface area (Å²) in [6.45, 7) is 0. The van der Waals surface area contributed by atoms with E-state index in [0.29, 0.717) is 5.52 Å². The summed E-state index contributed by atoms with van der Waals surface area (Å²) in [6, 6.07) is 0. The van der Waals surface area contributed by atoms with E-state index in [1.807, 2.05) is 0 Å². The van der Waals surface area contributed by atoms with E-state index in [1.54, 1.807) is 7.05 Å². The summed E-state index contributed by atoms with van der Waals surface area (Å²) in [5, 5.41) is 4.40. The minimum absolute atomic E-state index is 0.168. The van der Waals surface area contributed by atoms with Crippen LogP contribution in [0, 0.1) is 0 Å². The molecule has 0 radical (unpaired) electrons. The number of aryl methyl sites for hydroxylation is 1. The average molecular weight is 166 g/mol. The van der Waals surface area contributed by atoms with Gasteiger partial charge in [0.2, 0.25) is 0 Å². The molecule has 2 aromatic rings. The second kappa shape index (κ2) is 2.07. The Morgan fingerprint density at radius 1 is 1.33 bits per heavy atom. The zero-order valence-corrected chi connectivity index (χ0v) is 6.29. The second-order valence-corrected chi connectivity index (χ2v) is 2.46. The summed E-state index contributed by atoms with van der Waals surface area (Å²) in [5.41, 5.74) is -0.269. The van der Waals surface area contributed by atoms with Gasteiger partial charge in [-0.25, -0.2) is 4.98 Å². The molecule has 62 valence electrons. The summed E-state index contributed by atoms with van der Waals surface area (Å²) in [7, 11) is 1.66. The van der Waals surface area contributed by atoms with Crippen LogP contribution in [0.2, 0.25) is 0 Å². The molecule has 0 fully saturated rings. The Labute approximate surface area is 65.8 Å². The number of fused-ring (bicyclic) bond motifs is 1. The number of imidazole rings is 1. The molecule has 0 aliphatic heterocycles. The number of hydrogen-bond acceptors (Lipinski definition) is 3. The molecular weight excluding hydrogens is 160 g/mol. The van der Waals surface area contributed by atoms with E-state index in [9.17, 15) is 9.59 Å². The van der Waals surface area contributed by atoms with E-state index in [-0.39, 0.29) is 16.6 Å². The minimum atomic E-state index is -0.384. The van der Waals surface area contributed by atoms with Crippen LogP contribution in [0.4, 0.5) is 0 Å². The van der Waals surface area contributed by atoms with Crippen LogP contribution in [0.25, 0.3) is 11.0 Å². The van der Waals surface area contributed by atoms with Crippen LogP contribution in [0.15, 0.2) is 15.9 Å². The maximum atomic E-state index is 11.1. The molecule has 0 saturated carbocycles. The van der Waals surface area contributed by atoms with E-state index in [0.717, 1.165) is 0 Å². The smallest absolute Gasteiger partial charge is 0.290 e. The van der Waals surface area contributed by atoms with Crippen molar-refractivity contribution in [3.8, 4) is 0 Å². The number of aromatic nitrogens is 4. The minimum Gasteiger partial charge on any atom is -0.329 e. The van der Waals surface area contributed by atoms with Crippen LogP contribution in [0.1, 0.15) is 0 Å². The molecule has 0 amide bonds. The molecule has 0 spiro atoms. The Bertz CT molecular complexity index is 532. The molecule has 12 heavy (non-hydrogen) atoms. The van der Waals surface area contributed by atoms with Crippen molar-refractivity contribution in [3.63, 3.8) is 0 Å². The molecule has 2 aromatic heterocycles. The van der Waals surface area contributed by atoms with Crippen molar-refractivity contribution in [2.24, 2.45) is 7.05 Å². The monoisotopic (exact) mass is 166 g/mol. The Hall–Kier alpha value is -1.85. The predicted molar refractivity (Wildman–Crippen MR) is 42.0 cm³/mol. The highest BCUT2D eigenvalue weighted by Gasteiger charge is 2.06. The highest BCUT2D eigenvalue weighted by Crippen LogP contribution is 1.97. The highest BCUT2D eigenvalue weighted by molar-refractivity contribution is 5.72. The fourth-order valence-corrected chi connectivity index (χ4v) is 1.10. The van der Waals surface area contributed by atoms with Gasteiger partial charge in [0.05, 0.1) is 6.33 Å². The van der Waals surface area contributed by atoms with Crippen molar-refractivity contribution in [1.29, 1.82) is 0 Å². The van der Waals surface area contributed by atoms with E-state index in [1.165, 1.54) is 10.9 Å². The topological polar surface area (TPSA) is 83.5 Å². The number of rotatable bonds is 0. The van der Waals surface area contributed by atoms with Crippen LogP contribution in [0.3, 0.4) is 0 Å². The summed E-state index contributed by atoms with van der Waals surface area (Å²) in [6.07, 6.45) is 1.43. The molecule has 0 bridgehead atoms. The molecule has 0 aromatic carbocycles. The highest BCUT2D eigenvalue weighted by atomic mass is 16.1. The fraction of sp³-hybridized carbons (Fsp3) is 0.167. The third kappa shape index (κ3) is 0.714. The van der Waals surface area contributed by atoms with Gasteiger partial charge in [0.1, 0.15) is 5.52 Å². The van der Waals surface area contributed by atoms with Crippen LogP contribution in [-0.2, 0) is 7.05 Å². The average Bonchev–Trinajstić information content (AvgIpc) is 2.42. The van der Waals surface area contributed by atoms with Crippen molar-refractivity contribution in [3.05, 3.63) is 27.0 Å². The van der Waals surface area contributed by atoms with Crippen LogP contribution in [0.5, 0.6) is 0 Å². The Kier molecular flexibility index (Phi) is 1.18. The summed E-state index contributed by atoms with van der Waals surface area (Å²) >= 11 is 0. The van der Waals surface area contributed by atoms with Crippen LogP contribution >= 0.6 is 0 Å². The molecule has 0 aliphatic carbocycles. The first-order valence-corrected chi connectivity index (χ1v) is 3.32. The van der Waals surface area contributed by atoms with Gasteiger partial charge >= 0.3 is 0 Å². The van der Waals surface area contributed by atoms with Crippen LogP contribution < -0.4 is 11.1 Å². The first kappa shape index (κ1) is 6.84. The van der Waals surface area contributed by atoms with Gasteiger partial charge in [0.25, 0.3) is 11.1 Å². The lowest BCUT2D eigenvalue weighted by Crippen LogP contribution is -2.19. The number of nitrogens with zero attached hydrogens (tertiary/aromatic N) is 2. The van der Waals surface area contributed by atoms with Crippen molar-refractivity contribution < 1.29 is 0 Å². The maximum Gasteiger partial charge on any atom is 0.290 e.